The monoisotopic (exact) mass is 236 g/mol. The van der Waals surface area contributed by atoms with Gasteiger partial charge in [-0.3, -0.25) is 9.58 Å². The van der Waals surface area contributed by atoms with Crippen LogP contribution in [0.5, 0.6) is 0 Å². The highest BCUT2D eigenvalue weighted by Crippen LogP contribution is 2.27. The minimum Gasteiger partial charge on any atom is -0.329 e. The molecule has 1 aromatic heterocycles. The Labute approximate surface area is 104 Å². The molecule has 0 aliphatic heterocycles. The first kappa shape index (κ1) is 12.6. The minimum absolute atomic E-state index is 0.310. The van der Waals surface area contributed by atoms with E-state index in [2.05, 4.69) is 23.2 Å². The first-order chi connectivity index (χ1) is 8.20. The molecule has 96 valence electrons. The Hall–Kier alpha value is -0.870. The molecule has 0 aromatic carbocycles. The van der Waals surface area contributed by atoms with Crippen LogP contribution in [0.4, 0.5) is 0 Å². The van der Waals surface area contributed by atoms with Gasteiger partial charge in [-0.15, -0.1) is 0 Å². The van der Waals surface area contributed by atoms with Gasteiger partial charge < -0.3 is 5.73 Å². The maximum Gasteiger partial charge on any atom is 0.0538 e. The summed E-state index contributed by atoms with van der Waals surface area (Å²) in [5, 5.41) is 4.23. The summed E-state index contributed by atoms with van der Waals surface area (Å²) in [7, 11) is 4.14. The lowest BCUT2D eigenvalue weighted by Gasteiger charge is -2.28. The van der Waals surface area contributed by atoms with E-state index in [0.717, 1.165) is 12.5 Å². The van der Waals surface area contributed by atoms with Gasteiger partial charge in [0.05, 0.1) is 6.20 Å². The number of nitrogens with zero attached hydrogens (tertiary/aromatic N) is 3. The summed E-state index contributed by atoms with van der Waals surface area (Å²) in [6.45, 7) is 1.83. The van der Waals surface area contributed by atoms with Crippen LogP contribution in [0.15, 0.2) is 12.4 Å². The van der Waals surface area contributed by atoms with Gasteiger partial charge in [0.15, 0.2) is 0 Å². The maximum atomic E-state index is 5.91. The van der Waals surface area contributed by atoms with E-state index in [0.29, 0.717) is 12.6 Å². The summed E-state index contributed by atoms with van der Waals surface area (Å²) >= 11 is 0. The molecular weight excluding hydrogens is 212 g/mol. The standard InChI is InChI=1S/C13H24N4/c1-16(9-11-5-3-4-6-11)13(7-14)12-8-15-17(2)10-12/h8,10-11,13H,3-7,9,14H2,1-2H3. The highest BCUT2D eigenvalue weighted by Gasteiger charge is 2.22. The molecule has 4 heteroatoms. The Balaban J connectivity index is 1.97. The smallest absolute Gasteiger partial charge is 0.0538 e. The zero-order valence-corrected chi connectivity index (χ0v) is 11.0. The summed E-state index contributed by atoms with van der Waals surface area (Å²) in [6.07, 6.45) is 9.58. The van der Waals surface area contributed by atoms with Crippen molar-refractivity contribution in [2.24, 2.45) is 18.7 Å². The van der Waals surface area contributed by atoms with E-state index >= 15 is 0 Å². The summed E-state index contributed by atoms with van der Waals surface area (Å²) in [6, 6.07) is 0.310. The fraction of sp³-hybridized carbons (Fsp3) is 0.769. The van der Waals surface area contributed by atoms with Gasteiger partial charge in [0.1, 0.15) is 0 Å². The summed E-state index contributed by atoms with van der Waals surface area (Å²) < 4.78 is 1.85. The number of hydrogen-bond donors (Lipinski definition) is 1. The number of hydrogen-bond acceptors (Lipinski definition) is 3. The second kappa shape index (κ2) is 5.65. The zero-order chi connectivity index (χ0) is 12.3. The van der Waals surface area contributed by atoms with Gasteiger partial charge >= 0.3 is 0 Å². The first-order valence-corrected chi connectivity index (χ1v) is 6.59. The summed E-state index contributed by atoms with van der Waals surface area (Å²) in [4.78, 5) is 2.40. The zero-order valence-electron chi connectivity index (χ0n) is 11.0. The Morgan fingerprint density at radius 2 is 2.24 bits per heavy atom. The third-order valence-corrected chi connectivity index (χ3v) is 3.89. The van der Waals surface area contributed by atoms with E-state index in [1.165, 1.54) is 31.2 Å². The third-order valence-electron chi connectivity index (χ3n) is 3.89. The summed E-state index contributed by atoms with van der Waals surface area (Å²) in [5.74, 6) is 0.866. The van der Waals surface area contributed by atoms with Crippen LogP contribution in [0.2, 0.25) is 0 Å². The van der Waals surface area contributed by atoms with Crippen molar-refractivity contribution >= 4 is 0 Å². The van der Waals surface area contributed by atoms with Crippen LogP contribution >= 0.6 is 0 Å². The SMILES string of the molecule is CN(CC1CCCC1)C(CN)c1cnn(C)c1. The summed E-state index contributed by atoms with van der Waals surface area (Å²) in [5.41, 5.74) is 7.14. The van der Waals surface area contributed by atoms with Gasteiger partial charge in [-0.25, -0.2) is 0 Å². The van der Waals surface area contributed by atoms with E-state index in [9.17, 15) is 0 Å². The molecule has 0 saturated heterocycles. The number of likely N-dealkylation sites (N-methyl/N-ethyl adjacent to an activating group) is 1. The average Bonchev–Trinajstić information content (AvgIpc) is 2.91. The topological polar surface area (TPSA) is 47.1 Å². The van der Waals surface area contributed by atoms with E-state index in [1.807, 2.05) is 17.9 Å². The van der Waals surface area contributed by atoms with Gasteiger partial charge in [-0.2, -0.15) is 5.10 Å². The van der Waals surface area contributed by atoms with Crippen molar-refractivity contribution < 1.29 is 0 Å². The fourth-order valence-electron chi connectivity index (χ4n) is 2.91. The highest BCUT2D eigenvalue weighted by atomic mass is 15.2. The predicted octanol–water partition coefficient (Wildman–Crippen LogP) is 1.54. The molecule has 0 amide bonds. The number of aryl methyl sites for hydroxylation is 1. The van der Waals surface area contributed by atoms with E-state index in [-0.39, 0.29) is 0 Å². The van der Waals surface area contributed by atoms with Crippen molar-refractivity contribution in [1.82, 2.24) is 14.7 Å². The fourth-order valence-corrected chi connectivity index (χ4v) is 2.91. The van der Waals surface area contributed by atoms with Gasteiger partial charge in [0.25, 0.3) is 0 Å². The molecule has 4 nitrogen and oxygen atoms in total. The molecule has 17 heavy (non-hydrogen) atoms. The highest BCUT2D eigenvalue weighted by molar-refractivity contribution is 5.11. The molecule has 2 rings (SSSR count). The van der Waals surface area contributed by atoms with Crippen LogP contribution in [-0.2, 0) is 7.05 Å². The molecule has 1 saturated carbocycles. The van der Waals surface area contributed by atoms with Gasteiger partial charge in [0.2, 0.25) is 0 Å². The number of rotatable bonds is 5. The van der Waals surface area contributed by atoms with Crippen molar-refractivity contribution in [3.8, 4) is 0 Å². The average molecular weight is 236 g/mol. The molecule has 2 N–H and O–H groups in total. The molecule has 1 aliphatic carbocycles. The molecule has 0 radical (unpaired) electrons. The number of nitrogens with two attached hydrogens (primary N) is 1. The van der Waals surface area contributed by atoms with E-state index < -0.39 is 0 Å². The molecule has 0 bridgehead atoms. The molecule has 0 spiro atoms. The third kappa shape index (κ3) is 3.07. The van der Waals surface area contributed by atoms with Crippen molar-refractivity contribution in [1.29, 1.82) is 0 Å². The van der Waals surface area contributed by atoms with Gasteiger partial charge in [-0.05, 0) is 25.8 Å². The number of aromatic nitrogens is 2. The molecule has 1 atom stereocenters. The Kier molecular flexibility index (Phi) is 4.18. The van der Waals surface area contributed by atoms with Crippen LogP contribution in [0, 0.1) is 5.92 Å². The predicted molar refractivity (Wildman–Crippen MR) is 69.6 cm³/mol. The van der Waals surface area contributed by atoms with Crippen LogP contribution < -0.4 is 5.73 Å². The van der Waals surface area contributed by atoms with Gasteiger partial charge in [-0.1, -0.05) is 12.8 Å². The normalized spacial score (nSPS) is 19.1. The van der Waals surface area contributed by atoms with Crippen molar-refractivity contribution in [2.45, 2.75) is 31.7 Å². The quantitative estimate of drug-likeness (QED) is 0.843. The van der Waals surface area contributed by atoms with Crippen LogP contribution in [0.25, 0.3) is 0 Å². The second-order valence-corrected chi connectivity index (χ2v) is 5.29. The van der Waals surface area contributed by atoms with E-state index in [1.54, 1.807) is 0 Å². The Morgan fingerprint density at radius 1 is 1.53 bits per heavy atom. The molecular formula is C13H24N4. The van der Waals surface area contributed by atoms with Crippen LogP contribution in [0.3, 0.4) is 0 Å². The molecule has 1 aromatic rings. The minimum atomic E-state index is 0.310. The van der Waals surface area contributed by atoms with Crippen LogP contribution in [0.1, 0.15) is 37.3 Å². The molecule has 1 heterocycles. The lowest BCUT2D eigenvalue weighted by atomic mass is 10.0. The molecule has 1 fully saturated rings. The molecule has 1 aliphatic rings. The largest absolute Gasteiger partial charge is 0.329 e. The van der Waals surface area contributed by atoms with Crippen molar-refractivity contribution in [3.05, 3.63) is 18.0 Å². The van der Waals surface area contributed by atoms with Crippen molar-refractivity contribution in [3.63, 3.8) is 0 Å². The van der Waals surface area contributed by atoms with Crippen molar-refractivity contribution in [2.75, 3.05) is 20.1 Å². The van der Waals surface area contributed by atoms with Crippen LogP contribution in [-0.4, -0.2) is 34.8 Å². The Morgan fingerprint density at radius 3 is 2.76 bits per heavy atom. The Bertz CT molecular complexity index is 341. The lowest BCUT2D eigenvalue weighted by Crippen LogP contribution is -2.33. The molecule has 1 unspecified atom stereocenters. The first-order valence-electron chi connectivity index (χ1n) is 6.59. The lowest BCUT2D eigenvalue weighted by molar-refractivity contribution is 0.212. The second-order valence-electron chi connectivity index (χ2n) is 5.29. The van der Waals surface area contributed by atoms with E-state index in [4.69, 9.17) is 5.73 Å². The maximum absolute atomic E-state index is 5.91. The van der Waals surface area contributed by atoms with Gasteiger partial charge in [0, 0.05) is 37.9 Å².